The SMILES string of the molecule is Cc1cccc(C(O)(C(=O)NN=Cc2cc3ccccc3nc2N2CCOCC2)c2cccc(C)c2)c1. The summed E-state index contributed by atoms with van der Waals surface area (Å²) in [7, 11) is 0. The molecule has 0 aliphatic carbocycles. The Hall–Kier alpha value is -4.07. The Kier molecular flexibility index (Phi) is 6.99. The molecule has 2 heterocycles. The maximum absolute atomic E-state index is 13.6. The fraction of sp³-hybridized carbons (Fsp3) is 0.233. The Bertz CT molecular complexity index is 1410. The monoisotopic (exact) mass is 494 g/mol. The molecule has 1 fully saturated rings. The molecule has 2 N–H and O–H groups in total. The number of hydrazone groups is 1. The molecule has 0 unspecified atom stereocenters. The Labute approximate surface area is 216 Å². The summed E-state index contributed by atoms with van der Waals surface area (Å²) in [6.07, 6.45) is 1.59. The van der Waals surface area contributed by atoms with E-state index in [1.54, 1.807) is 18.3 Å². The molecule has 0 spiro atoms. The number of carbonyl (C=O) groups is 1. The van der Waals surface area contributed by atoms with Gasteiger partial charge in [0.2, 0.25) is 0 Å². The molecule has 0 atom stereocenters. The topological polar surface area (TPSA) is 87.0 Å². The predicted molar refractivity (Wildman–Crippen MR) is 146 cm³/mol. The highest BCUT2D eigenvalue weighted by Crippen LogP contribution is 2.31. The number of benzene rings is 3. The van der Waals surface area contributed by atoms with Crippen molar-refractivity contribution in [1.82, 2.24) is 10.4 Å². The average Bonchev–Trinajstić information content (AvgIpc) is 2.92. The molecular formula is C30H30N4O3. The lowest BCUT2D eigenvalue weighted by atomic mass is 9.84. The van der Waals surface area contributed by atoms with E-state index < -0.39 is 11.5 Å². The summed E-state index contributed by atoms with van der Waals surface area (Å²) in [6, 6.07) is 24.6. The molecule has 1 amide bonds. The Balaban J connectivity index is 1.49. The maximum atomic E-state index is 13.6. The summed E-state index contributed by atoms with van der Waals surface area (Å²) in [4.78, 5) is 20.6. The molecule has 0 radical (unpaired) electrons. The molecule has 0 saturated carbocycles. The second kappa shape index (κ2) is 10.5. The summed E-state index contributed by atoms with van der Waals surface area (Å²) in [5, 5.41) is 17.1. The number of aromatic nitrogens is 1. The van der Waals surface area contributed by atoms with Crippen LogP contribution in [0.25, 0.3) is 10.9 Å². The van der Waals surface area contributed by atoms with Crippen molar-refractivity contribution in [3.05, 3.63) is 107 Å². The molecule has 37 heavy (non-hydrogen) atoms. The molecule has 3 aromatic carbocycles. The number of aryl methyl sites for hydroxylation is 2. The van der Waals surface area contributed by atoms with E-state index in [4.69, 9.17) is 9.72 Å². The van der Waals surface area contributed by atoms with E-state index in [9.17, 15) is 9.90 Å². The van der Waals surface area contributed by atoms with Crippen molar-refractivity contribution in [2.24, 2.45) is 5.10 Å². The van der Waals surface area contributed by atoms with Crippen molar-refractivity contribution in [3.63, 3.8) is 0 Å². The lowest BCUT2D eigenvalue weighted by Gasteiger charge is -2.29. The number of hydrogen-bond acceptors (Lipinski definition) is 6. The smallest absolute Gasteiger partial charge is 0.281 e. The van der Waals surface area contributed by atoms with Crippen LogP contribution in [0.5, 0.6) is 0 Å². The lowest BCUT2D eigenvalue weighted by molar-refractivity contribution is -0.136. The third-order valence-corrected chi connectivity index (χ3v) is 6.61. The van der Waals surface area contributed by atoms with E-state index in [-0.39, 0.29) is 0 Å². The molecule has 188 valence electrons. The highest BCUT2D eigenvalue weighted by molar-refractivity contribution is 5.95. The number of nitrogens with one attached hydrogen (secondary N) is 1. The Morgan fingerprint density at radius 2 is 1.62 bits per heavy atom. The van der Waals surface area contributed by atoms with Crippen LogP contribution in [0.15, 0.2) is 84.0 Å². The van der Waals surface area contributed by atoms with Crippen LogP contribution in [-0.2, 0) is 15.1 Å². The number of pyridine rings is 1. The fourth-order valence-corrected chi connectivity index (χ4v) is 4.66. The number of carbonyl (C=O) groups excluding carboxylic acids is 1. The molecule has 7 nitrogen and oxygen atoms in total. The van der Waals surface area contributed by atoms with Crippen LogP contribution in [0.2, 0.25) is 0 Å². The zero-order chi connectivity index (χ0) is 25.8. The summed E-state index contributed by atoms with van der Waals surface area (Å²) in [6.45, 7) is 6.55. The molecule has 4 aromatic rings. The quantitative estimate of drug-likeness (QED) is 0.312. The van der Waals surface area contributed by atoms with Gasteiger partial charge in [0.15, 0.2) is 5.60 Å². The number of hydrogen-bond donors (Lipinski definition) is 2. The second-order valence-corrected chi connectivity index (χ2v) is 9.34. The van der Waals surface area contributed by atoms with Gasteiger partial charge in [-0.05, 0) is 37.1 Å². The minimum Gasteiger partial charge on any atom is -0.378 e. The van der Waals surface area contributed by atoms with Crippen LogP contribution in [0.3, 0.4) is 0 Å². The van der Waals surface area contributed by atoms with Gasteiger partial charge >= 0.3 is 0 Å². The van der Waals surface area contributed by atoms with Gasteiger partial charge in [-0.1, -0.05) is 77.9 Å². The largest absolute Gasteiger partial charge is 0.378 e. The Morgan fingerprint density at radius 1 is 0.973 bits per heavy atom. The summed E-state index contributed by atoms with van der Waals surface area (Å²) in [5.41, 5.74) is 5.19. The number of rotatable bonds is 6. The number of fused-ring (bicyclic) bond motifs is 1. The summed E-state index contributed by atoms with van der Waals surface area (Å²) >= 11 is 0. The molecule has 1 aliphatic heterocycles. The van der Waals surface area contributed by atoms with Gasteiger partial charge in [0.1, 0.15) is 5.82 Å². The van der Waals surface area contributed by atoms with Crippen LogP contribution >= 0.6 is 0 Å². The first-order valence-corrected chi connectivity index (χ1v) is 12.4. The van der Waals surface area contributed by atoms with Crippen molar-refractivity contribution in [2.45, 2.75) is 19.4 Å². The number of nitrogens with zero attached hydrogens (tertiary/aromatic N) is 3. The van der Waals surface area contributed by atoms with E-state index >= 15 is 0 Å². The van der Waals surface area contributed by atoms with Crippen LogP contribution in [-0.4, -0.2) is 48.5 Å². The molecule has 1 saturated heterocycles. The number of morpholine rings is 1. The van der Waals surface area contributed by atoms with E-state index in [1.165, 1.54) is 0 Å². The molecule has 1 aromatic heterocycles. The number of anilines is 1. The van der Waals surface area contributed by atoms with Crippen molar-refractivity contribution >= 4 is 28.8 Å². The van der Waals surface area contributed by atoms with Gasteiger partial charge in [-0.15, -0.1) is 0 Å². The van der Waals surface area contributed by atoms with E-state index in [1.807, 2.05) is 80.6 Å². The van der Waals surface area contributed by atoms with Crippen molar-refractivity contribution < 1.29 is 14.6 Å². The van der Waals surface area contributed by atoms with Crippen molar-refractivity contribution in [1.29, 1.82) is 0 Å². The number of aliphatic hydroxyl groups is 1. The zero-order valence-electron chi connectivity index (χ0n) is 21.0. The normalized spacial score (nSPS) is 14.3. The molecular weight excluding hydrogens is 464 g/mol. The Morgan fingerprint density at radius 3 is 2.27 bits per heavy atom. The fourth-order valence-electron chi connectivity index (χ4n) is 4.66. The van der Waals surface area contributed by atoms with Crippen LogP contribution in [0.1, 0.15) is 27.8 Å². The third kappa shape index (κ3) is 5.09. The standard InChI is InChI=1S/C30H30N4O3/c1-21-7-5-10-25(17-21)30(36,26-11-6-8-22(2)18-26)29(35)33-31-20-24-19-23-9-3-4-12-27(23)32-28(24)34-13-15-37-16-14-34/h3-12,17-20,36H,13-16H2,1-2H3,(H,33,35). The van der Waals surface area contributed by atoms with Crippen LogP contribution in [0.4, 0.5) is 5.82 Å². The lowest BCUT2D eigenvalue weighted by Crippen LogP contribution is -2.43. The highest BCUT2D eigenvalue weighted by atomic mass is 16.5. The van der Waals surface area contributed by atoms with Crippen molar-refractivity contribution in [3.8, 4) is 0 Å². The average molecular weight is 495 g/mol. The highest BCUT2D eigenvalue weighted by Gasteiger charge is 2.40. The van der Waals surface area contributed by atoms with Gasteiger partial charge in [-0.3, -0.25) is 4.79 Å². The summed E-state index contributed by atoms with van der Waals surface area (Å²) in [5.74, 6) is 0.147. The van der Waals surface area contributed by atoms with Gasteiger partial charge in [0, 0.05) is 24.0 Å². The van der Waals surface area contributed by atoms with Crippen LogP contribution < -0.4 is 10.3 Å². The first kappa shape index (κ1) is 24.6. The molecule has 5 rings (SSSR count). The summed E-state index contributed by atoms with van der Waals surface area (Å²) < 4.78 is 5.51. The molecule has 0 bridgehead atoms. The first-order chi connectivity index (χ1) is 17.9. The molecule has 1 aliphatic rings. The minimum absolute atomic E-state index is 0.479. The van der Waals surface area contributed by atoms with Gasteiger partial charge in [-0.2, -0.15) is 5.10 Å². The number of amides is 1. The van der Waals surface area contributed by atoms with E-state index in [0.29, 0.717) is 24.3 Å². The van der Waals surface area contributed by atoms with Gasteiger partial charge in [0.05, 0.1) is 24.9 Å². The van der Waals surface area contributed by atoms with Gasteiger partial charge in [-0.25, -0.2) is 10.4 Å². The first-order valence-electron chi connectivity index (χ1n) is 12.4. The van der Waals surface area contributed by atoms with Gasteiger partial charge in [0.25, 0.3) is 5.91 Å². The maximum Gasteiger partial charge on any atom is 0.281 e. The number of para-hydroxylation sites is 1. The predicted octanol–water partition coefficient (Wildman–Crippen LogP) is 4.07. The minimum atomic E-state index is -1.91. The second-order valence-electron chi connectivity index (χ2n) is 9.34. The third-order valence-electron chi connectivity index (χ3n) is 6.61. The van der Waals surface area contributed by atoms with Gasteiger partial charge < -0.3 is 14.7 Å². The van der Waals surface area contributed by atoms with Crippen LogP contribution in [0, 0.1) is 13.8 Å². The van der Waals surface area contributed by atoms with E-state index in [2.05, 4.69) is 15.4 Å². The zero-order valence-corrected chi connectivity index (χ0v) is 21.0. The number of ether oxygens (including phenoxy) is 1. The molecule has 7 heteroatoms. The van der Waals surface area contributed by atoms with E-state index in [0.717, 1.165) is 46.5 Å². The van der Waals surface area contributed by atoms with Crippen molar-refractivity contribution in [2.75, 3.05) is 31.2 Å².